The topological polar surface area (TPSA) is 54.5 Å². The van der Waals surface area contributed by atoms with E-state index in [0.717, 1.165) is 38.2 Å². The number of pyridine rings is 1. The van der Waals surface area contributed by atoms with Gasteiger partial charge in [0.05, 0.1) is 18.0 Å². The predicted octanol–water partition coefficient (Wildman–Crippen LogP) is 3.07. The second-order valence-corrected chi connectivity index (χ2v) is 8.30. The maximum absolute atomic E-state index is 12.5. The number of fused-ring (bicyclic) bond motifs is 1. The summed E-state index contributed by atoms with van der Waals surface area (Å²) in [6.45, 7) is 5.13. The van der Waals surface area contributed by atoms with Crippen LogP contribution in [-0.2, 0) is 16.1 Å². The number of carbonyl (C=O) groups excluding carboxylic acids is 1. The van der Waals surface area contributed by atoms with Crippen molar-refractivity contribution >= 4 is 22.9 Å². The zero-order chi connectivity index (χ0) is 17.2. The number of nitrogens with one attached hydrogen (secondary N) is 1. The van der Waals surface area contributed by atoms with Crippen LogP contribution in [0.3, 0.4) is 0 Å². The lowest BCUT2D eigenvalue weighted by Gasteiger charge is -2.33. The van der Waals surface area contributed by atoms with Gasteiger partial charge in [-0.25, -0.2) is 0 Å². The number of aryl methyl sites for hydroxylation is 1. The molecule has 0 unspecified atom stereocenters. The molecule has 1 N–H and O–H groups in total. The number of anilines is 1. The molecule has 6 heteroatoms. The van der Waals surface area contributed by atoms with Crippen molar-refractivity contribution < 1.29 is 9.53 Å². The Labute approximate surface area is 152 Å². The molecule has 2 aliphatic heterocycles. The molecule has 5 nitrogen and oxygen atoms in total. The largest absolute Gasteiger partial charge is 0.364 e. The van der Waals surface area contributed by atoms with Crippen LogP contribution in [0, 0.1) is 12.8 Å². The Morgan fingerprint density at radius 3 is 3.12 bits per heavy atom. The summed E-state index contributed by atoms with van der Waals surface area (Å²) in [7, 11) is 0. The molecule has 3 atom stereocenters. The van der Waals surface area contributed by atoms with Crippen molar-refractivity contribution in [2.45, 2.75) is 38.5 Å². The molecule has 4 rings (SSSR count). The molecular weight excluding hydrogens is 334 g/mol. The highest BCUT2D eigenvalue weighted by molar-refractivity contribution is 7.11. The van der Waals surface area contributed by atoms with Gasteiger partial charge in [0.1, 0.15) is 6.10 Å². The molecule has 0 radical (unpaired) electrons. The van der Waals surface area contributed by atoms with E-state index in [0.29, 0.717) is 5.92 Å². The zero-order valence-electron chi connectivity index (χ0n) is 14.4. The number of aromatic nitrogens is 1. The van der Waals surface area contributed by atoms with E-state index in [9.17, 15) is 4.79 Å². The van der Waals surface area contributed by atoms with Crippen LogP contribution < -0.4 is 5.32 Å². The molecule has 132 valence electrons. The summed E-state index contributed by atoms with van der Waals surface area (Å²) in [4.78, 5) is 21.7. The number of likely N-dealkylation sites (tertiary alicyclic amines) is 1. The lowest BCUT2D eigenvalue weighted by atomic mass is 9.91. The third-order valence-electron chi connectivity index (χ3n) is 5.03. The molecule has 2 aromatic rings. The van der Waals surface area contributed by atoms with Crippen LogP contribution in [0.1, 0.15) is 22.6 Å². The quantitative estimate of drug-likeness (QED) is 0.914. The molecule has 2 saturated heterocycles. The van der Waals surface area contributed by atoms with Crippen LogP contribution in [0.15, 0.2) is 36.7 Å². The summed E-state index contributed by atoms with van der Waals surface area (Å²) in [5.74, 6) is 0.439. The van der Waals surface area contributed by atoms with E-state index in [4.69, 9.17) is 4.74 Å². The van der Waals surface area contributed by atoms with Gasteiger partial charge in [0.15, 0.2) is 0 Å². The molecule has 0 aliphatic carbocycles. The Morgan fingerprint density at radius 1 is 1.44 bits per heavy atom. The molecule has 1 amide bonds. The molecule has 2 aromatic heterocycles. The number of piperidine rings is 1. The number of amides is 1. The first-order valence-corrected chi connectivity index (χ1v) is 9.63. The van der Waals surface area contributed by atoms with Gasteiger partial charge in [0.2, 0.25) is 0 Å². The Balaban J connectivity index is 1.33. The highest BCUT2D eigenvalue weighted by Crippen LogP contribution is 2.34. The standard InChI is InChI=1S/C19H23N3O2S/c1-13-4-5-16(25-13)11-22-8-6-14-9-17(24-18(14)12-22)19(23)21-15-3-2-7-20-10-15/h2-5,7,10,14,17-18H,6,8-9,11-12H2,1H3,(H,21,23)/t14-,17-,18+/m0/s1. The summed E-state index contributed by atoms with van der Waals surface area (Å²) < 4.78 is 6.10. The first kappa shape index (κ1) is 16.7. The summed E-state index contributed by atoms with van der Waals surface area (Å²) in [6, 6.07) is 8.05. The molecule has 2 aliphatic rings. The lowest BCUT2D eigenvalue weighted by molar-refractivity contribution is -0.127. The van der Waals surface area contributed by atoms with Crippen LogP contribution in [0.5, 0.6) is 0 Å². The zero-order valence-corrected chi connectivity index (χ0v) is 15.2. The van der Waals surface area contributed by atoms with Crippen molar-refractivity contribution in [2.75, 3.05) is 18.4 Å². The van der Waals surface area contributed by atoms with Gasteiger partial charge in [-0.2, -0.15) is 0 Å². The number of ether oxygens (including phenoxy) is 1. The second-order valence-electron chi connectivity index (χ2n) is 6.93. The number of rotatable bonds is 4. The molecule has 4 heterocycles. The molecule has 2 fully saturated rings. The third-order valence-corrected chi connectivity index (χ3v) is 6.02. The first-order chi connectivity index (χ1) is 12.2. The van der Waals surface area contributed by atoms with Crippen molar-refractivity contribution in [3.8, 4) is 0 Å². The highest BCUT2D eigenvalue weighted by Gasteiger charge is 2.41. The average molecular weight is 357 g/mol. The lowest BCUT2D eigenvalue weighted by Crippen LogP contribution is -2.41. The van der Waals surface area contributed by atoms with Gasteiger partial charge >= 0.3 is 0 Å². The fraction of sp³-hybridized carbons (Fsp3) is 0.474. The predicted molar refractivity (Wildman–Crippen MR) is 98.6 cm³/mol. The smallest absolute Gasteiger partial charge is 0.253 e. The number of nitrogens with zero attached hydrogens (tertiary/aromatic N) is 2. The van der Waals surface area contributed by atoms with Gasteiger partial charge in [0.25, 0.3) is 5.91 Å². The molecular formula is C19H23N3O2S. The fourth-order valence-corrected chi connectivity index (χ4v) is 4.69. The van der Waals surface area contributed by atoms with Crippen molar-refractivity contribution in [2.24, 2.45) is 5.92 Å². The summed E-state index contributed by atoms with van der Waals surface area (Å²) in [6.07, 6.45) is 5.09. The van der Waals surface area contributed by atoms with Gasteiger partial charge in [-0.1, -0.05) is 0 Å². The van der Waals surface area contributed by atoms with Crippen LogP contribution >= 0.6 is 11.3 Å². The summed E-state index contributed by atoms with van der Waals surface area (Å²) in [5, 5.41) is 2.91. The van der Waals surface area contributed by atoms with E-state index in [1.165, 1.54) is 9.75 Å². The van der Waals surface area contributed by atoms with Crippen molar-refractivity contribution in [1.82, 2.24) is 9.88 Å². The van der Waals surface area contributed by atoms with Crippen molar-refractivity contribution in [3.05, 3.63) is 46.4 Å². The fourth-order valence-electron chi connectivity index (χ4n) is 3.76. The van der Waals surface area contributed by atoms with E-state index >= 15 is 0 Å². The van der Waals surface area contributed by atoms with E-state index < -0.39 is 0 Å². The minimum Gasteiger partial charge on any atom is -0.364 e. The molecule has 25 heavy (non-hydrogen) atoms. The van der Waals surface area contributed by atoms with Gasteiger partial charge in [-0.15, -0.1) is 11.3 Å². The molecule has 0 saturated carbocycles. The van der Waals surface area contributed by atoms with Crippen LogP contribution in [0.2, 0.25) is 0 Å². The number of carbonyl (C=O) groups is 1. The van der Waals surface area contributed by atoms with Crippen molar-refractivity contribution in [1.29, 1.82) is 0 Å². The SMILES string of the molecule is Cc1ccc(CN2CC[C@H]3C[C@@H](C(=O)Nc4cccnc4)O[C@@H]3C2)s1. The number of hydrogen-bond acceptors (Lipinski definition) is 5. The minimum absolute atomic E-state index is 0.0529. The Bertz CT molecular complexity index is 733. The van der Waals surface area contributed by atoms with E-state index in [2.05, 4.69) is 34.3 Å². The summed E-state index contributed by atoms with van der Waals surface area (Å²) in [5.41, 5.74) is 0.723. The Kier molecular flexibility index (Phi) is 4.83. The van der Waals surface area contributed by atoms with Crippen molar-refractivity contribution in [3.63, 3.8) is 0 Å². The molecule has 0 aromatic carbocycles. The van der Waals surface area contributed by atoms with Crippen LogP contribution in [-0.4, -0.2) is 41.1 Å². The van der Waals surface area contributed by atoms with Gasteiger partial charge in [0, 0.05) is 29.0 Å². The Hall–Kier alpha value is -1.76. The maximum atomic E-state index is 12.5. The Morgan fingerprint density at radius 2 is 2.36 bits per heavy atom. The minimum atomic E-state index is -0.348. The molecule has 0 spiro atoms. The van der Waals surface area contributed by atoms with Crippen LogP contribution in [0.25, 0.3) is 0 Å². The average Bonchev–Trinajstić information content (AvgIpc) is 3.21. The second kappa shape index (κ2) is 7.23. The van der Waals surface area contributed by atoms with E-state index in [-0.39, 0.29) is 18.1 Å². The summed E-state index contributed by atoms with van der Waals surface area (Å²) >= 11 is 1.86. The number of hydrogen-bond donors (Lipinski definition) is 1. The van der Waals surface area contributed by atoms with E-state index in [1.54, 1.807) is 12.4 Å². The third kappa shape index (κ3) is 3.92. The normalized spacial score (nSPS) is 26.4. The van der Waals surface area contributed by atoms with Crippen LogP contribution in [0.4, 0.5) is 5.69 Å². The first-order valence-electron chi connectivity index (χ1n) is 8.81. The monoisotopic (exact) mass is 357 g/mol. The van der Waals surface area contributed by atoms with Gasteiger partial charge < -0.3 is 10.1 Å². The van der Waals surface area contributed by atoms with Gasteiger partial charge in [-0.05, 0) is 56.5 Å². The van der Waals surface area contributed by atoms with Gasteiger partial charge in [-0.3, -0.25) is 14.7 Å². The maximum Gasteiger partial charge on any atom is 0.253 e. The molecule has 0 bridgehead atoms. The highest BCUT2D eigenvalue weighted by atomic mass is 32.1. The number of thiophene rings is 1. The van der Waals surface area contributed by atoms with E-state index in [1.807, 2.05) is 23.5 Å².